The zero-order valence-electron chi connectivity index (χ0n) is 9.38. The minimum Gasteiger partial charge on any atom is -0.356 e. The fourth-order valence-corrected chi connectivity index (χ4v) is 1.54. The molecule has 0 N–H and O–H groups in total. The molecule has 1 aromatic heterocycles. The number of carbonyl (C=O) groups excluding carboxylic acids is 1. The van der Waals surface area contributed by atoms with E-state index in [0.29, 0.717) is 11.3 Å². The molecule has 17 heavy (non-hydrogen) atoms. The molecule has 1 amide bonds. The molecule has 5 nitrogen and oxygen atoms in total. The van der Waals surface area contributed by atoms with Crippen molar-refractivity contribution in [3.05, 3.63) is 30.0 Å². The molecule has 0 fully saturated rings. The highest BCUT2D eigenvalue weighted by atomic mass is 16.5. The van der Waals surface area contributed by atoms with Crippen LogP contribution in [-0.4, -0.2) is 29.6 Å². The van der Waals surface area contributed by atoms with Crippen molar-refractivity contribution in [2.75, 3.05) is 13.6 Å². The predicted molar refractivity (Wildman–Crippen MR) is 61.0 cm³/mol. The Hall–Kier alpha value is -2.35. The van der Waals surface area contributed by atoms with E-state index in [9.17, 15) is 4.79 Å². The highest BCUT2D eigenvalue weighted by Gasteiger charge is 2.14. The second-order valence-electron chi connectivity index (χ2n) is 3.71. The van der Waals surface area contributed by atoms with Gasteiger partial charge in [0.15, 0.2) is 5.58 Å². The van der Waals surface area contributed by atoms with Crippen molar-refractivity contribution in [3.63, 3.8) is 0 Å². The molecule has 0 bridgehead atoms. The molecular formula is C12H11N3O2. The number of hydrogen-bond donors (Lipinski definition) is 0. The van der Waals surface area contributed by atoms with Crippen molar-refractivity contribution < 1.29 is 9.32 Å². The maximum atomic E-state index is 11.7. The third-order valence-corrected chi connectivity index (χ3v) is 2.50. The predicted octanol–water partition coefficient (Wildman–Crippen LogP) is 1.35. The van der Waals surface area contributed by atoms with Crippen molar-refractivity contribution in [2.24, 2.45) is 0 Å². The Kier molecular flexibility index (Phi) is 3.06. The van der Waals surface area contributed by atoms with Gasteiger partial charge in [0.05, 0.1) is 12.5 Å². The molecule has 1 heterocycles. The number of amides is 1. The minimum atomic E-state index is -0.148. The Bertz CT molecular complexity index is 583. The Balaban J connectivity index is 2.19. The lowest BCUT2D eigenvalue weighted by Gasteiger charge is -2.11. The first-order valence-corrected chi connectivity index (χ1v) is 5.16. The average molecular weight is 229 g/mol. The number of carbonyl (C=O) groups is 1. The summed E-state index contributed by atoms with van der Waals surface area (Å²) in [6.45, 7) is 0.0780. The van der Waals surface area contributed by atoms with Crippen LogP contribution < -0.4 is 0 Å². The first-order chi connectivity index (χ1) is 8.22. The summed E-state index contributed by atoms with van der Waals surface area (Å²) in [5, 5.41) is 13.2. The van der Waals surface area contributed by atoms with Gasteiger partial charge in [0, 0.05) is 12.4 Å². The maximum Gasteiger partial charge on any atom is 0.229 e. The minimum absolute atomic E-state index is 0.0780. The van der Waals surface area contributed by atoms with Crippen molar-refractivity contribution in [3.8, 4) is 6.07 Å². The first kappa shape index (κ1) is 11.1. The molecule has 0 aliphatic heterocycles. The van der Waals surface area contributed by atoms with Crippen molar-refractivity contribution in [2.45, 2.75) is 6.42 Å². The van der Waals surface area contributed by atoms with E-state index >= 15 is 0 Å². The number of rotatable bonds is 3. The van der Waals surface area contributed by atoms with Crippen molar-refractivity contribution >= 4 is 16.9 Å². The van der Waals surface area contributed by atoms with Gasteiger partial charge in [0.1, 0.15) is 12.2 Å². The van der Waals surface area contributed by atoms with Crippen LogP contribution in [0.25, 0.3) is 11.0 Å². The summed E-state index contributed by atoms with van der Waals surface area (Å²) in [7, 11) is 1.59. The van der Waals surface area contributed by atoms with Gasteiger partial charge in [-0.1, -0.05) is 17.3 Å². The van der Waals surface area contributed by atoms with Gasteiger partial charge in [-0.15, -0.1) is 0 Å². The van der Waals surface area contributed by atoms with Gasteiger partial charge in [-0.2, -0.15) is 5.26 Å². The van der Waals surface area contributed by atoms with E-state index in [4.69, 9.17) is 9.78 Å². The number of likely N-dealkylation sites (N-methyl/N-ethyl adjacent to an activating group) is 1. The molecule has 0 aliphatic rings. The van der Waals surface area contributed by atoms with Crippen LogP contribution in [0.5, 0.6) is 0 Å². The smallest absolute Gasteiger partial charge is 0.229 e. The van der Waals surface area contributed by atoms with Gasteiger partial charge < -0.3 is 9.42 Å². The van der Waals surface area contributed by atoms with Crippen LogP contribution >= 0.6 is 0 Å². The molecule has 2 aromatic rings. The molecule has 2 rings (SSSR count). The van der Waals surface area contributed by atoms with Gasteiger partial charge in [0.2, 0.25) is 5.91 Å². The average Bonchev–Trinajstić information content (AvgIpc) is 2.73. The molecule has 0 unspecified atom stereocenters. The Morgan fingerprint density at radius 1 is 1.53 bits per heavy atom. The quantitative estimate of drug-likeness (QED) is 0.745. The fourth-order valence-electron chi connectivity index (χ4n) is 1.54. The monoisotopic (exact) mass is 229 g/mol. The number of nitrogens with zero attached hydrogens (tertiary/aromatic N) is 3. The van der Waals surface area contributed by atoms with Crippen molar-refractivity contribution in [1.29, 1.82) is 5.26 Å². The molecular weight excluding hydrogens is 218 g/mol. The molecule has 0 atom stereocenters. The van der Waals surface area contributed by atoms with Gasteiger partial charge >= 0.3 is 0 Å². The zero-order valence-corrected chi connectivity index (χ0v) is 9.38. The number of para-hydroxylation sites is 1. The van der Waals surface area contributed by atoms with E-state index in [1.807, 2.05) is 24.3 Å². The number of aromatic nitrogens is 1. The largest absolute Gasteiger partial charge is 0.356 e. The molecule has 0 saturated carbocycles. The molecule has 0 radical (unpaired) electrons. The molecule has 0 saturated heterocycles. The molecule has 5 heteroatoms. The highest BCUT2D eigenvalue weighted by molar-refractivity contribution is 5.86. The first-order valence-electron chi connectivity index (χ1n) is 5.16. The summed E-state index contributed by atoms with van der Waals surface area (Å²) in [5.74, 6) is -0.148. The van der Waals surface area contributed by atoms with Crippen LogP contribution in [0.15, 0.2) is 28.8 Å². The molecule has 86 valence electrons. The summed E-state index contributed by atoms with van der Waals surface area (Å²) >= 11 is 0. The van der Waals surface area contributed by atoms with Crippen LogP contribution in [-0.2, 0) is 11.2 Å². The van der Waals surface area contributed by atoms with Gasteiger partial charge in [0.25, 0.3) is 0 Å². The van der Waals surface area contributed by atoms with Crippen LogP contribution in [0.4, 0.5) is 0 Å². The molecule has 0 aliphatic carbocycles. The summed E-state index contributed by atoms with van der Waals surface area (Å²) in [6.07, 6.45) is 0.148. The standard InChI is InChI=1S/C12H11N3O2/c1-15(7-6-13)12(16)8-10-9-4-2-3-5-11(9)17-14-10/h2-5H,7-8H2,1H3. The van der Waals surface area contributed by atoms with Crippen LogP contribution in [0, 0.1) is 11.3 Å². The van der Waals surface area contributed by atoms with Gasteiger partial charge in [-0.25, -0.2) is 0 Å². The van der Waals surface area contributed by atoms with Crippen LogP contribution in [0.3, 0.4) is 0 Å². The Labute approximate surface area is 98.2 Å². The summed E-state index contributed by atoms with van der Waals surface area (Å²) in [5.41, 5.74) is 1.27. The second kappa shape index (κ2) is 4.66. The SMILES string of the molecule is CN(CC#N)C(=O)Cc1noc2ccccc12. The fraction of sp³-hybridized carbons (Fsp3) is 0.250. The third kappa shape index (κ3) is 2.26. The summed E-state index contributed by atoms with van der Waals surface area (Å²) in [6, 6.07) is 9.30. The molecule has 0 spiro atoms. The number of nitriles is 1. The second-order valence-corrected chi connectivity index (χ2v) is 3.71. The van der Waals surface area contributed by atoms with Crippen molar-refractivity contribution in [1.82, 2.24) is 10.1 Å². The lowest BCUT2D eigenvalue weighted by atomic mass is 10.1. The van der Waals surface area contributed by atoms with E-state index < -0.39 is 0 Å². The van der Waals surface area contributed by atoms with Gasteiger partial charge in [-0.05, 0) is 12.1 Å². The number of fused-ring (bicyclic) bond motifs is 1. The topological polar surface area (TPSA) is 70.1 Å². The maximum absolute atomic E-state index is 11.7. The van der Waals surface area contributed by atoms with E-state index in [1.54, 1.807) is 13.1 Å². The van der Waals surface area contributed by atoms with Gasteiger partial charge in [-0.3, -0.25) is 4.79 Å². The van der Waals surface area contributed by atoms with Crippen LogP contribution in [0.2, 0.25) is 0 Å². The normalized spacial score (nSPS) is 10.1. The van der Waals surface area contributed by atoms with Crippen LogP contribution in [0.1, 0.15) is 5.69 Å². The van der Waals surface area contributed by atoms with E-state index in [-0.39, 0.29) is 18.9 Å². The Morgan fingerprint density at radius 2 is 2.29 bits per heavy atom. The number of benzene rings is 1. The molecule has 1 aromatic carbocycles. The lowest BCUT2D eigenvalue weighted by Crippen LogP contribution is -2.28. The summed E-state index contributed by atoms with van der Waals surface area (Å²) in [4.78, 5) is 13.1. The highest BCUT2D eigenvalue weighted by Crippen LogP contribution is 2.18. The van der Waals surface area contributed by atoms with E-state index in [1.165, 1.54) is 4.90 Å². The lowest BCUT2D eigenvalue weighted by molar-refractivity contribution is -0.128. The van der Waals surface area contributed by atoms with E-state index in [2.05, 4.69) is 5.16 Å². The third-order valence-electron chi connectivity index (χ3n) is 2.50. The summed E-state index contributed by atoms with van der Waals surface area (Å²) < 4.78 is 5.10. The van der Waals surface area contributed by atoms with E-state index in [0.717, 1.165) is 5.39 Å². The number of hydrogen-bond acceptors (Lipinski definition) is 4. The zero-order chi connectivity index (χ0) is 12.3. The Morgan fingerprint density at radius 3 is 3.06 bits per heavy atom.